The maximum absolute atomic E-state index is 9.60. The maximum atomic E-state index is 9.60. The number of likely N-dealkylation sites (tertiary alicyclic amines) is 1. The minimum absolute atomic E-state index is 0.388. The number of aromatic hydroxyl groups is 1. The van der Waals surface area contributed by atoms with Crippen molar-refractivity contribution in [2.45, 2.75) is 13.0 Å². The van der Waals surface area contributed by atoms with Gasteiger partial charge in [0.2, 0.25) is 0 Å². The van der Waals surface area contributed by atoms with Crippen LogP contribution in [0.4, 0.5) is 0 Å². The number of nitrogens with one attached hydrogen (secondary N) is 1. The molecule has 0 radical (unpaired) electrons. The summed E-state index contributed by atoms with van der Waals surface area (Å²) in [5.41, 5.74) is 0.980. The van der Waals surface area contributed by atoms with Crippen molar-refractivity contribution in [3.63, 3.8) is 0 Å². The number of benzene rings is 1. The molecule has 3 heteroatoms. The molecule has 0 aromatic heterocycles. The van der Waals surface area contributed by atoms with E-state index in [-0.39, 0.29) is 0 Å². The molecule has 1 aliphatic rings. The lowest BCUT2D eigenvalue weighted by Gasteiger charge is -2.12. The third-order valence-corrected chi connectivity index (χ3v) is 3.23. The van der Waals surface area contributed by atoms with Gasteiger partial charge in [0.1, 0.15) is 5.75 Å². The third-order valence-electron chi connectivity index (χ3n) is 3.23. The van der Waals surface area contributed by atoms with Crippen LogP contribution in [0.3, 0.4) is 0 Å². The largest absolute Gasteiger partial charge is 0.508 e. The minimum atomic E-state index is 0.388. The minimum Gasteiger partial charge on any atom is -0.508 e. The van der Waals surface area contributed by atoms with Crippen molar-refractivity contribution < 1.29 is 5.11 Å². The zero-order valence-electron chi connectivity index (χ0n) is 9.82. The van der Waals surface area contributed by atoms with Crippen molar-refractivity contribution >= 4 is 0 Å². The highest BCUT2D eigenvalue weighted by atomic mass is 16.3. The molecule has 0 amide bonds. The summed E-state index contributed by atoms with van der Waals surface area (Å²) < 4.78 is 0. The molecule has 1 aromatic carbocycles. The summed E-state index contributed by atoms with van der Waals surface area (Å²) in [6.45, 7) is 4.20. The molecule has 0 saturated carbocycles. The Morgan fingerprint density at radius 1 is 1.44 bits per heavy atom. The first-order valence-electron chi connectivity index (χ1n) is 5.92. The molecule has 1 aromatic rings. The molecule has 1 atom stereocenters. The molecule has 1 fully saturated rings. The Kier molecular flexibility index (Phi) is 3.80. The quantitative estimate of drug-likeness (QED) is 0.806. The molecular formula is C13H20N2O. The van der Waals surface area contributed by atoms with Crippen LogP contribution < -0.4 is 5.32 Å². The molecule has 2 rings (SSSR count). The fourth-order valence-corrected chi connectivity index (χ4v) is 2.26. The summed E-state index contributed by atoms with van der Waals surface area (Å²) in [6.07, 6.45) is 1.28. The van der Waals surface area contributed by atoms with Gasteiger partial charge in [-0.1, -0.05) is 18.2 Å². The van der Waals surface area contributed by atoms with E-state index in [2.05, 4.69) is 17.3 Å². The van der Waals surface area contributed by atoms with Crippen LogP contribution in [0.2, 0.25) is 0 Å². The van der Waals surface area contributed by atoms with E-state index < -0.39 is 0 Å². The maximum Gasteiger partial charge on any atom is 0.120 e. The highest BCUT2D eigenvalue weighted by Gasteiger charge is 2.18. The Hall–Kier alpha value is -1.06. The van der Waals surface area contributed by atoms with Crippen LogP contribution in [-0.4, -0.2) is 36.7 Å². The van der Waals surface area contributed by atoms with Crippen molar-refractivity contribution in [3.05, 3.63) is 29.8 Å². The monoisotopic (exact) mass is 220 g/mol. The van der Waals surface area contributed by atoms with Gasteiger partial charge in [0.15, 0.2) is 0 Å². The van der Waals surface area contributed by atoms with Gasteiger partial charge >= 0.3 is 0 Å². The summed E-state index contributed by atoms with van der Waals surface area (Å²) in [4.78, 5) is 2.37. The fourth-order valence-electron chi connectivity index (χ4n) is 2.26. The van der Waals surface area contributed by atoms with E-state index in [9.17, 15) is 5.11 Å². The summed E-state index contributed by atoms with van der Waals surface area (Å²) >= 11 is 0. The summed E-state index contributed by atoms with van der Waals surface area (Å²) in [5.74, 6) is 1.15. The molecule has 0 bridgehead atoms. The van der Waals surface area contributed by atoms with Crippen molar-refractivity contribution in [3.8, 4) is 5.75 Å². The lowest BCUT2D eigenvalue weighted by Crippen LogP contribution is -2.24. The van der Waals surface area contributed by atoms with Gasteiger partial charge in [0, 0.05) is 18.7 Å². The fraction of sp³-hybridized carbons (Fsp3) is 0.538. The second-order valence-corrected chi connectivity index (χ2v) is 4.68. The lowest BCUT2D eigenvalue weighted by molar-refractivity contribution is 0.387. The summed E-state index contributed by atoms with van der Waals surface area (Å²) in [7, 11) is 2.17. The van der Waals surface area contributed by atoms with E-state index in [1.807, 2.05) is 18.2 Å². The van der Waals surface area contributed by atoms with Crippen LogP contribution in [0.25, 0.3) is 0 Å². The Morgan fingerprint density at radius 2 is 2.25 bits per heavy atom. The van der Waals surface area contributed by atoms with Crippen LogP contribution in [0, 0.1) is 5.92 Å². The zero-order valence-corrected chi connectivity index (χ0v) is 9.82. The Balaban J connectivity index is 1.74. The molecule has 1 heterocycles. The molecule has 88 valence electrons. The van der Waals surface area contributed by atoms with Gasteiger partial charge in [-0.05, 0) is 38.5 Å². The first-order valence-corrected chi connectivity index (χ1v) is 5.92. The van der Waals surface area contributed by atoms with Crippen molar-refractivity contribution in [2.75, 3.05) is 26.7 Å². The highest BCUT2D eigenvalue weighted by molar-refractivity contribution is 5.31. The molecule has 1 aliphatic heterocycles. The second kappa shape index (κ2) is 5.32. The standard InChI is InChI=1S/C13H20N2O/c1-15-7-6-11(10-15)8-14-9-12-4-2-3-5-13(12)16/h2-5,11,14,16H,6-10H2,1H3. The van der Waals surface area contributed by atoms with Gasteiger partial charge in [-0.15, -0.1) is 0 Å². The van der Waals surface area contributed by atoms with E-state index in [0.29, 0.717) is 5.75 Å². The van der Waals surface area contributed by atoms with Gasteiger partial charge in [-0.2, -0.15) is 0 Å². The van der Waals surface area contributed by atoms with E-state index in [0.717, 1.165) is 24.6 Å². The predicted molar refractivity (Wildman–Crippen MR) is 65.4 cm³/mol. The molecule has 2 N–H and O–H groups in total. The SMILES string of the molecule is CN1CCC(CNCc2ccccc2O)C1. The predicted octanol–water partition coefficient (Wildman–Crippen LogP) is 1.43. The zero-order chi connectivity index (χ0) is 11.4. The second-order valence-electron chi connectivity index (χ2n) is 4.68. The highest BCUT2D eigenvalue weighted by Crippen LogP contribution is 2.16. The Labute approximate surface area is 97.1 Å². The average Bonchev–Trinajstić information content (AvgIpc) is 2.67. The van der Waals surface area contributed by atoms with Gasteiger partial charge < -0.3 is 15.3 Å². The molecule has 1 saturated heterocycles. The van der Waals surface area contributed by atoms with Crippen molar-refractivity contribution in [1.82, 2.24) is 10.2 Å². The van der Waals surface area contributed by atoms with Crippen LogP contribution >= 0.6 is 0 Å². The molecule has 3 nitrogen and oxygen atoms in total. The molecular weight excluding hydrogens is 200 g/mol. The molecule has 0 spiro atoms. The Bertz CT molecular complexity index is 340. The molecule has 16 heavy (non-hydrogen) atoms. The van der Waals surface area contributed by atoms with E-state index in [1.165, 1.54) is 19.5 Å². The smallest absolute Gasteiger partial charge is 0.120 e. The van der Waals surface area contributed by atoms with Gasteiger partial charge in [0.25, 0.3) is 0 Å². The number of phenols is 1. The third kappa shape index (κ3) is 2.97. The number of para-hydroxylation sites is 1. The van der Waals surface area contributed by atoms with E-state index >= 15 is 0 Å². The van der Waals surface area contributed by atoms with E-state index in [4.69, 9.17) is 0 Å². The van der Waals surface area contributed by atoms with Crippen LogP contribution in [0.5, 0.6) is 5.75 Å². The van der Waals surface area contributed by atoms with Gasteiger partial charge in [0.05, 0.1) is 0 Å². The molecule has 0 aliphatic carbocycles. The number of hydrogen-bond acceptors (Lipinski definition) is 3. The van der Waals surface area contributed by atoms with E-state index in [1.54, 1.807) is 6.07 Å². The number of phenolic OH excluding ortho intramolecular Hbond substituents is 1. The number of rotatable bonds is 4. The normalized spacial score (nSPS) is 21.4. The Morgan fingerprint density at radius 3 is 2.94 bits per heavy atom. The topological polar surface area (TPSA) is 35.5 Å². The van der Waals surface area contributed by atoms with Crippen LogP contribution in [0.15, 0.2) is 24.3 Å². The van der Waals surface area contributed by atoms with Gasteiger partial charge in [-0.25, -0.2) is 0 Å². The summed E-state index contributed by atoms with van der Waals surface area (Å²) in [6, 6.07) is 7.51. The first kappa shape index (κ1) is 11.4. The average molecular weight is 220 g/mol. The molecule has 1 unspecified atom stereocenters. The number of hydrogen-bond donors (Lipinski definition) is 2. The van der Waals surface area contributed by atoms with Crippen LogP contribution in [-0.2, 0) is 6.54 Å². The van der Waals surface area contributed by atoms with Crippen LogP contribution in [0.1, 0.15) is 12.0 Å². The van der Waals surface area contributed by atoms with Gasteiger partial charge in [-0.3, -0.25) is 0 Å². The summed E-state index contributed by atoms with van der Waals surface area (Å²) in [5, 5.41) is 13.0. The van der Waals surface area contributed by atoms with Crippen molar-refractivity contribution in [1.29, 1.82) is 0 Å². The van der Waals surface area contributed by atoms with Crippen molar-refractivity contribution in [2.24, 2.45) is 5.92 Å². The number of nitrogens with zero attached hydrogens (tertiary/aromatic N) is 1. The lowest BCUT2D eigenvalue weighted by atomic mass is 10.1. The first-order chi connectivity index (χ1) is 7.75.